The van der Waals surface area contributed by atoms with Crippen molar-refractivity contribution in [1.29, 1.82) is 0 Å². The minimum Gasteiger partial charge on any atom is -0.348 e. The summed E-state index contributed by atoms with van der Waals surface area (Å²) in [6, 6.07) is 7.74. The first-order valence-electron chi connectivity index (χ1n) is 8.19. The van der Waals surface area contributed by atoms with Crippen LogP contribution in [0.15, 0.2) is 42.9 Å². The van der Waals surface area contributed by atoms with Gasteiger partial charge in [-0.3, -0.25) is 9.36 Å². The minimum absolute atomic E-state index is 0.638. The fourth-order valence-corrected chi connectivity index (χ4v) is 2.85. The van der Waals surface area contributed by atoms with Crippen LogP contribution in [0, 0.1) is 6.92 Å². The van der Waals surface area contributed by atoms with E-state index in [4.69, 9.17) is 23.8 Å². The first-order chi connectivity index (χ1) is 12.4. The smallest absolute Gasteiger partial charge is 0.173 e. The molecule has 3 aromatic rings. The number of nitrogens with zero attached hydrogens (tertiary/aromatic N) is 5. The number of aryl methyl sites for hydroxylation is 1. The molecule has 0 aliphatic heterocycles. The molecule has 0 saturated heterocycles. The summed E-state index contributed by atoms with van der Waals surface area (Å²) in [7, 11) is 3.89. The van der Waals surface area contributed by atoms with Gasteiger partial charge in [-0.2, -0.15) is 10.2 Å². The van der Waals surface area contributed by atoms with Crippen molar-refractivity contribution in [3.63, 3.8) is 0 Å². The Morgan fingerprint density at radius 3 is 2.62 bits per heavy atom. The van der Waals surface area contributed by atoms with Crippen LogP contribution >= 0.6 is 23.8 Å². The monoisotopic (exact) mass is 388 g/mol. The van der Waals surface area contributed by atoms with Crippen LogP contribution in [0.25, 0.3) is 0 Å². The molecule has 1 aromatic carbocycles. The lowest BCUT2D eigenvalue weighted by molar-refractivity contribution is 0.506. The lowest BCUT2D eigenvalue weighted by Gasteiger charge is -2.20. The number of thiocarbonyl (C=S) groups is 1. The van der Waals surface area contributed by atoms with Crippen molar-refractivity contribution in [1.82, 2.24) is 24.5 Å². The van der Waals surface area contributed by atoms with E-state index in [9.17, 15) is 0 Å². The van der Waals surface area contributed by atoms with Crippen molar-refractivity contribution >= 4 is 34.6 Å². The van der Waals surface area contributed by atoms with Gasteiger partial charge in [0.15, 0.2) is 5.11 Å². The van der Waals surface area contributed by atoms with Crippen LogP contribution in [0.5, 0.6) is 0 Å². The Kier molecular flexibility index (Phi) is 5.58. The molecule has 0 aliphatic carbocycles. The Balaban J connectivity index is 1.58. The lowest BCUT2D eigenvalue weighted by Crippen LogP contribution is -2.30. The van der Waals surface area contributed by atoms with Crippen LogP contribution in [0.4, 0.5) is 5.69 Å². The van der Waals surface area contributed by atoms with Gasteiger partial charge in [-0.1, -0.05) is 23.7 Å². The Bertz CT molecular complexity index is 899. The van der Waals surface area contributed by atoms with Crippen molar-refractivity contribution in [2.45, 2.75) is 20.0 Å². The Labute approximate surface area is 163 Å². The van der Waals surface area contributed by atoms with E-state index >= 15 is 0 Å². The summed E-state index contributed by atoms with van der Waals surface area (Å²) >= 11 is 11.4. The van der Waals surface area contributed by atoms with Gasteiger partial charge < -0.3 is 10.2 Å². The predicted octanol–water partition coefficient (Wildman–Crippen LogP) is 3.46. The third kappa shape index (κ3) is 4.42. The summed E-state index contributed by atoms with van der Waals surface area (Å²) in [5, 5.41) is 13.2. The van der Waals surface area contributed by atoms with Gasteiger partial charge in [0.2, 0.25) is 0 Å². The van der Waals surface area contributed by atoms with Gasteiger partial charge in [-0.15, -0.1) is 0 Å². The van der Waals surface area contributed by atoms with E-state index in [-0.39, 0.29) is 0 Å². The first-order valence-corrected chi connectivity index (χ1v) is 8.97. The van der Waals surface area contributed by atoms with Crippen molar-refractivity contribution < 1.29 is 0 Å². The second-order valence-corrected chi connectivity index (χ2v) is 7.04. The van der Waals surface area contributed by atoms with Gasteiger partial charge in [-0.05, 0) is 36.8 Å². The molecule has 0 saturated carbocycles. The molecule has 8 heteroatoms. The number of hydrogen-bond acceptors (Lipinski definition) is 3. The number of anilines is 1. The van der Waals surface area contributed by atoms with Crippen LogP contribution < -0.4 is 5.32 Å². The average molecular weight is 389 g/mol. The molecule has 0 bridgehead atoms. The maximum absolute atomic E-state index is 5.92. The van der Waals surface area contributed by atoms with E-state index in [1.807, 2.05) is 71.9 Å². The highest BCUT2D eigenvalue weighted by atomic mass is 35.5. The van der Waals surface area contributed by atoms with Crippen LogP contribution in [0.1, 0.15) is 16.8 Å². The number of hydrogen-bond donors (Lipinski definition) is 1. The molecular formula is C18H21ClN6S. The molecule has 136 valence electrons. The number of halogens is 1. The van der Waals surface area contributed by atoms with E-state index in [2.05, 4.69) is 15.5 Å². The summed E-state index contributed by atoms with van der Waals surface area (Å²) in [6.07, 6.45) is 5.58. The number of benzene rings is 1. The Morgan fingerprint density at radius 2 is 1.96 bits per heavy atom. The van der Waals surface area contributed by atoms with Crippen LogP contribution in [-0.4, -0.2) is 36.6 Å². The number of aromatic nitrogens is 4. The van der Waals surface area contributed by atoms with E-state index in [0.717, 1.165) is 27.5 Å². The van der Waals surface area contributed by atoms with Crippen LogP contribution in [0.3, 0.4) is 0 Å². The zero-order chi connectivity index (χ0) is 18.7. The molecule has 2 heterocycles. The predicted molar refractivity (Wildman–Crippen MR) is 108 cm³/mol. The van der Waals surface area contributed by atoms with Crippen molar-refractivity contribution in [3.8, 4) is 0 Å². The van der Waals surface area contributed by atoms with Gasteiger partial charge in [0.25, 0.3) is 0 Å². The molecule has 0 amide bonds. The second kappa shape index (κ2) is 7.88. The summed E-state index contributed by atoms with van der Waals surface area (Å²) in [6.45, 7) is 3.42. The normalized spacial score (nSPS) is 10.8. The maximum Gasteiger partial charge on any atom is 0.173 e. The van der Waals surface area contributed by atoms with Gasteiger partial charge >= 0.3 is 0 Å². The zero-order valence-electron chi connectivity index (χ0n) is 15.0. The molecule has 2 aromatic heterocycles. The number of rotatable bonds is 5. The van der Waals surface area contributed by atoms with Crippen LogP contribution in [-0.2, 0) is 20.1 Å². The van der Waals surface area contributed by atoms with Gasteiger partial charge in [0.1, 0.15) is 0 Å². The zero-order valence-corrected chi connectivity index (χ0v) is 16.6. The fraction of sp³-hybridized carbons (Fsp3) is 0.278. The molecule has 3 rings (SSSR count). The molecule has 0 unspecified atom stereocenters. The molecule has 6 nitrogen and oxygen atoms in total. The van der Waals surface area contributed by atoms with Crippen molar-refractivity contribution in [2.75, 3.05) is 12.4 Å². The quantitative estimate of drug-likeness (QED) is 0.678. The molecule has 0 spiro atoms. The van der Waals surface area contributed by atoms with E-state index in [1.165, 1.54) is 0 Å². The number of nitrogens with one attached hydrogen (secondary N) is 1. The van der Waals surface area contributed by atoms with E-state index in [0.29, 0.717) is 18.2 Å². The highest BCUT2D eigenvalue weighted by Gasteiger charge is 2.11. The first kappa shape index (κ1) is 18.4. The fourth-order valence-electron chi connectivity index (χ4n) is 2.54. The largest absolute Gasteiger partial charge is 0.348 e. The van der Waals surface area contributed by atoms with Gasteiger partial charge in [-0.25, -0.2) is 0 Å². The van der Waals surface area contributed by atoms with Crippen molar-refractivity contribution in [3.05, 3.63) is 64.7 Å². The molecule has 0 fully saturated rings. The highest BCUT2D eigenvalue weighted by Crippen LogP contribution is 2.13. The van der Waals surface area contributed by atoms with Crippen molar-refractivity contribution in [2.24, 2.45) is 7.05 Å². The van der Waals surface area contributed by atoms with Gasteiger partial charge in [0, 0.05) is 43.1 Å². The minimum atomic E-state index is 0.638. The highest BCUT2D eigenvalue weighted by molar-refractivity contribution is 7.80. The third-order valence-corrected chi connectivity index (χ3v) is 4.90. The summed E-state index contributed by atoms with van der Waals surface area (Å²) in [5.41, 5.74) is 4.28. The molecular weight excluding hydrogens is 368 g/mol. The molecule has 0 aliphatic rings. The lowest BCUT2D eigenvalue weighted by atomic mass is 10.2. The molecule has 1 N–H and O–H groups in total. The Hall–Kier alpha value is -2.38. The Morgan fingerprint density at radius 1 is 1.23 bits per heavy atom. The molecule has 26 heavy (non-hydrogen) atoms. The second-order valence-electron chi connectivity index (χ2n) is 6.22. The summed E-state index contributed by atoms with van der Waals surface area (Å²) in [4.78, 5) is 1.98. The van der Waals surface area contributed by atoms with Gasteiger partial charge in [0.05, 0.1) is 24.6 Å². The average Bonchev–Trinajstić information content (AvgIpc) is 3.18. The molecule has 0 radical (unpaired) electrons. The van der Waals surface area contributed by atoms with Crippen LogP contribution in [0.2, 0.25) is 5.02 Å². The van der Waals surface area contributed by atoms with E-state index < -0.39 is 0 Å². The summed E-state index contributed by atoms with van der Waals surface area (Å²) < 4.78 is 3.72. The summed E-state index contributed by atoms with van der Waals surface area (Å²) in [5.74, 6) is 0. The van der Waals surface area contributed by atoms with E-state index in [1.54, 1.807) is 6.20 Å². The standard InChI is InChI=1S/C18H21ClN6S/c1-13-15(8-20-24(13)3)11-23(2)18(26)22-17-9-21-25(12-17)10-14-4-6-16(19)7-5-14/h4-9,12H,10-11H2,1-3H3,(H,22,26). The maximum atomic E-state index is 5.92. The topological polar surface area (TPSA) is 50.9 Å². The SMILES string of the molecule is Cc1c(CN(C)C(=S)Nc2cnn(Cc3ccc(Cl)cc3)c2)cnn1C. The molecule has 0 atom stereocenters. The third-order valence-electron chi connectivity index (χ3n) is 4.23.